The molecule has 0 spiro atoms. The summed E-state index contributed by atoms with van der Waals surface area (Å²) < 4.78 is 31.1. The highest BCUT2D eigenvalue weighted by molar-refractivity contribution is 6.30. The number of hydrogen-bond donors (Lipinski definition) is 1. The zero-order valence-corrected chi connectivity index (χ0v) is 9.31. The molecule has 1 unspecified atom stereocenters. The summed E-state index contributed by atoms with van der Waals surface area (Å²) in [5.41, 5.74) is -0.00102. The molecule has 1 N–H and O–H groups in total. The van der Waals surface area contributed by atoms with Gasteiger partial charge in [0.25, 0.3) is 0 Å². The third kappa shape index (κ3) is 2.09. The van der Waals surface area contributed by atoms with Crippen molar-refractivity contribution < 1.29 is 23.4 Å². The van der Waals surface area contributed by atoms with Crippen LogP contribution in [-0.2, 0) is 4.79 Å². The van der Waals surface area contributed by atoms with Gasteiger partial charge in [0, 0.05) is 5.56 Å². The normalized spacial score (nSPS) is 12.3. The molecule has 1 aromatic carbocycles. The SMILES string of the molecule is COc1c(C(C)C(=O)O)cc(Cl)c(F)c1F. The van der Waals surface area contributed by atoms with Gasteiger partial charge in [0.05, 0.1) is 18.1 Å². The van der Waals surface area contributed by atoms with Crippen molar-refractivity contribution in [2.75, 3.05) is 7.11 Å². The molecule has 3 nitrogen and oxygen atoms in total. The van der Waals surface area contributed by atoms with Crippen LogP contribution in [0.5, 0.6) is 5.75 Å². The van der Waals surface area contributed by atoms with Gasteiger partial charge in [-0.1, -0.05) is 11.6 Å². The molecule has 0 fully saturated rings. The predicted octanol–water partition coefficient (Wildman–Crippen LogP) is 2.81. The molecule has 1 aromatic rings. The molecule has 0 aliphatic heterocycles. The number of carboxylic acids is 1. The summed E-state index contributed by atoms with van der Waals surface area (Å²) in [6.45, 7) is 1.33. The van der Waals surface area contributed by atoms with Crippen LogP contribution in [0.2, 0.25) is 5.02 Å². The number of halogens is 3. The van der Waals surface area contributed by atoms with Crippen molar-refractivity contribution in [3.63, 3.8) is 0 Å². The molecule has 0 aromatic heterocycles. The van der Waals surface area contributed by atoms with Gasteiger partial charge in [0.2, 0.25) is 5.82 Å². The molecule has 88 valence electrons. The van der Waals surface area contributed by atoms with Crippen LogP contribution in [0.25, 0.3) is 0 Å². The Labute approximate surface area is 95.6 Å². The summed E-state index contributed by atoms with van der Waals surface area (Å²) in [7, 11) is 1.13. The van der Waals surface area contributed by atoms with Crippen molar-refractivity contribution >= 4 is 17.6 Å². The van der Waals surface area contributed by atoms with E-state index in [2.05, 4.69) is 4.74 Å². The Morgan fingerprint density at radius 2 is 2.06 bits per heavy atom. The van der Waals surface area contributed by atoms with Gasteiger partial charge in [-0.15, -0.1) is 0 Å². The first-order valence-corrected chi connectivity index (χ1v) is 4.72. The molecule has 16 heavy (non-hydrogen) atoms. The average molecular weight is 251 g/mol. The van der Waals surface area contributed by atoms with E-state index in [1.807, 2.05) is 0 Å². The molecule has 0 aliphatic rings. The summed E-state index contributed by atoms with van der Waals surface area (Å²) in [5.74, 6) is -5.18. The van der Waals surface area contributed by atoms with Crippen molar-refractivity contribution in [1.82, 2.24) is 0 Å². The number of rotatable bonds is 3. The highest BCUT2D eigenvalue weighted by atomic mass is 35.5. The minimum Gasteiger partial charge on any atom is -0.493 e. The predicted molar refractivity (Wildman–Crippen MR) is 54.0 cm³/mol. The zero-order valence-electron chi connectivity index (χ0n) is 8.55. The number of aliphatic carboxylic acids is 1. The molecule has 0 saturated heterocycles. The molecule has 1 rings (SSSR count). The largest absolute Gasteiger partial charge is 0.493 e. The van der Waals surface area contributed by atoms with Gasteiger partial charge in [-0.25, -0.2) is 4.39 Å². The van der Waals surface area contributed by atoms with Crippen LogP contribution >= 0.6 is 11.6 Å². The first-order chi connectivity index (χ1) is 7.40. The minimum atomic E-state index is -1.28. The quantitative estimate of drug-likeness (QED) is 0.839. The minimum absolute atomic E-state index is 0.00102. The van der Waals surface area contributed by atoms with Crippen molar-refractivity contribution in [2.45, 2.75) is 12.8 Å². The van der Waals surface area contributed by atoms with E-state index in [-0.39, 0.29) is 5.56 Å². The van der Waals surface area contributed by atoms with Gasteiger partial charge in [0.15, 0.2) is 11.6 Å². The summed E-state index contributed by atoms with van der Waals surface area (Å²) >= 11 is 5.43. The summed E-state index contributed by atoms with van der Waals surface area (Å²) in [6.07, 6.45) is 0. The summed E-state index contributed by atoms with van der Waals surface area (Å²) in [4.78, 5) is 10.8. The number of methoxy groups -OCH3 is 1. The molecule has 6 heteroatoms. The van der Waals surface area contributed by atoms with Crippen LogP contribution in [-0.4, -0.2) is 18.2 Å². The van der Waals surface area contributed by atoms with E-state index in [1.165, 1.54) is 6.92 Å². The number of ether oxygens (including phenoxy) is 1. The zero-order chi connectivity index (χ0) is 12.5. The fourth-order valence-corrected chi connectivity index (χ4v) is 1.46. The third-order valence-corrected chi connectivity index (χ3v) is 2.46. The molecular weight excluding hydrogens is 242 g/mol. The van der Waals surface area contributed by atoms with E-state index in [9.17, 15) is 13.6 Å². The highest BCUT2D eigenvalue weighted by Crippen LogP contribution is 2.34. The van der Waals surface area contributed by atoms with Gasteiger partial charge in [-0.05, 0) is 13.0 Å². The van der Waals surface area contributed by atoms with Crippen molar-refractivity contribution in [2.24, 2.45) is 0 Å². The second kappa shape index (κ2) is 4.65. The molecule has 0 radical (unpaired) electrons. The molecule has 0 heterocycles. The standard InChI is InChI=1S/C10H9ClF2O3/c1-4(10(14)15)5-3-6(11)7(12)8(13)9(5)16-2/h3-4H,1-2H3,(H,14,15). The van der Waals surface area contributed by atoms with Crippen LogP contribution in [0.15, 0.2) is 6.07 Å². The fourth-order valence-electron chi connectivity index (χ4n) is 1.26. The maximum atomic E-state index is 13.4. The monoisotopic (exact) mass is 250 g/mol. The second-order valence-corrected chi connectivity index (χ2v) is 3.58. The average Bonchev–Trinajstić information content (AvgIpc) is 2.24. The molecule has 0 aliphatic carbocycles. The number of carboxylic acid groups (broad SMARTS) is 1. The summed E-state index contributed by atoms with van der Waals surface area (Å²) in [5, 5.41) is 8.32. The maximum Gasteiger partial charge on any atom is 0.310 e. The van der Waals surface area contributed by atoms with E-state index in [0.29, 0.717) is 0 Å². The number of carbonyl (C=O) groups is 1. The lowest BCUT2D eigenvalue weighted by Gasteiger charge is -2.14. The van der Waals surface area contributed by atoms with Gasteiger partial charge in [-0.3, -0.25) is 4.79 Å². The lowest BCUT2D eigenvalue weighted by Crippen LogP contribution is -2.10. The third-order valence-electron chi connectivity index (χ3n) is 2.19. The molecule has 0 amide bonds. The van der Waals surface area contributed by atoms with Gasteiger partial charge < -0.3 is 9.84 Å². The van der Waals surface area contributed by atoms with E-state index in [0.717, 1.165) is 13.2 Å². The van der Waals surface area contributed by atoms with Crippen molar-refractivity contribution in [3.8, 4) is 5.75 Å². The Balaban J connectivity index is 3.44. The number of benzene rings is 1. The molecular formula is C10H9ClF2O3. The lowest BCUT2D eigenvalue weighted by molar-refractivity contribution is -0.138. The lowest BCUT2D eigenvalue weighted by atomic mass is 10.00. The second-order valence-electron chi connectivity index (χ2n) is 3.17. The Kier molecular flexibility index (Phi) is 3.70. The molecule has 0 saturated carbocycles. The Morgan fingerprint density at radius 1 is 1.50 bits per heavy atom. The molecule has 0 bridgehead atoms. The van der Waals surface area contributed by atoms with Crippen LogP contribution in [0.1, 0.15) is 18.4 Å². The van der Waals surface area contributed by atoms with Crippen molar-refractivity contribution in [3.05, 3.63) is 28.3 Å². The summed E-state index contributed by atoms with van der Waals surface area (Å²) in [6, 6.07) is 1.05. The van der Waals surface area contributed by atoms with E-state index in [4.69, 9.17) is 16.7 Å². The maximum absolute atomic E-state index is 13.4. The smallest absolute Gasteiger partial charge is 0.310 e. The first kappa shape index (κ1) is 12.7. The van der Waals surface area contributed by atoms with Crippen molar-refractivity contribution in [1.29, 1.82) is 0 Å². The van der Waals surface area contributed by atoms with E-state index >= 15 is 0 Å². The van der Waals surface area contributed by atoms with Crippen LogP contribution < -0.4 is 4.74 Å². The van der Waals surface area contributed by atoms with Gasteiger partial charge in [0.1, 0.15) is 0 Å². The first-order valence-electron chi connectivity index (χ1n) is 4.34. The number of hydrogen-bond acceptors (Lipinski definition) is 2. The van der Waals surface area contributed by atoms with E-state index < -0.39 is 34.3 Å². The fraction of sp³-hybridized carbons (Fsp3) is 0.300. The molecule has 1 atom stereocenters. The van der Waals surface area contributed by atoms with Gasteiger partial charge in [-0.2, -0.15) is 4.39 Å². The Hall–Kier alpha value is -1.36. The van der Waals surface area contributed by atoms with Crippen LogP contribution in [0.4, 0.5) is 8.78 Å². The van der Waals surface area contributed by atoms with Crippen LogP contribution in [0.3, 0.4) is 0 Å². The Bertz CT molecular complexity index is 435. The topological polar surface area (TPSA) is 46.5 Å². The van der Waals surface area contributed by atoms with E-state index in [1.54, 1.807) is 0 Å². The van der Waals surface area contributed by atoms with Gasteiger partial charge >= 0.3 is 5.97 Å². The highest BCUT2D eigenvalue weighted by Gasteiger charge is 2.25. The Morgan fingerprint density at radius 3 is 2.50 bits per heavy atom. The van der Waals surface area contributed by atoms with Crippen LogP contribution in [0, 0.1) is 11.6 Å².